The lowest BCUT2D eigenvalue weighted by Gasteiger charge is -2.05. The van der Waals surface area contributed by atoms with Crippen LogP contribution >= 0.6 is 0 Å². The third kappa shape index (κ3) is 3.01. The van der Waals surface area contributed by atoms with Crippen LogP contribution in [0.2, 0.25) is 0 Å². The smallest absolute Gasteiger partial charge is 0.305 e. The molecule has 1 aromatic rings. The van der Waals surface area contributed by atoms with Crippen LogP contribution in [-0.4, -0.2) is 23.5 Å². The van der Waals surface area contributed by atoms with Crippen LogP contribution in [0.15, 0.2) is 18.2 Å². The van der Waals surface area contributed by atoms with E-state index in [1.54, 1.807) is 0 Å². The van der Waals surface area contributed by atoms with Crippen LogP contribution in [0.5, 0.6) is 0 Å². The molecular formula is C10H9F2NO3. The quantitative estimate of drug-likeness (QED) is 0.814. The zero-order valence-electron chi connectivity index (χ0n) is 8.17. The largest absolute Gasteiger partial charge is 0.481 e. The fourth-order valence-electron chi connectivity index (χ4n) is 1.09. The van der Waals surface area contributed by atoms with Crippen LogP contribution in [0.25, 0.3) is 0 Å². The highest BCUT2D eigenvalue weighted by Crippen LogP contribution is 2.11. The summed E-state index contributed by atoms with van der Waals surface area (Å²) in [5, 5.41) is 10.4. The van der Waals surface area contributed by atoms with Gasteiger partial charge in [0.25, 0.3) is 5.91 Å². The lowest BCUT2D eigenvalue weighted by Crippen LogP contribution is -2.27. The minimum absolute atomic E-state index is 0.179. The summed E-state index contributed by atoms with van der Waals surface area (Å²) < 4.78 is 26.1. The molecule has 0 heterocycles. The van der Waals surface area contributed by atoms with Gasteiger partial charge in [0, 0.05) is 6.54 Å². The second kappa shape index (κ2) is 5.20. The first kappa shape index (κ1) is 12.1. The molecule has 0 fully saturated rings. The number of benzene rings is 1. The molecule has 0 saturated heterocycles. The van der Waals surface area contributed by atoms with Crippen molar-refractivity contribution in [3.63, 3.8) is 0 Å². The van der Waals surface area contributed by atoms with Crippen LogP contribution < -0.4 is 5.32 Å². The lowest BCUT2D eigenvalue weighted by molar-refractivity contribution is -0.136. The molecule has 0 unspecified atom stereocenters. The van der Waals surface area contributed by atoms with Crippen molar-refractivity contribution in [2.45, 2.75) is 6.42 Å². The number of hydrogen-bond acceptors (Lipinski definition) is 2. The standard InChI is InChI=1S/C10H9F2NO3/c11-6-2-1-3-7(12)9(6)10(16)13-5-4-8(14)15/h1-3H,4-5H2,(H,13,16)(H,14,15). The van der Waals surface area contributed by atoms with Gasteiger partial charge in [0.05, 0.1) is 6.42 Å². The molecule has 0 aliphatic carbocycles. The molecule has 1 rings (SSSR count). The van der Waals surface area contributed by atoms with Crippen LogP contribution in [0, 0.1) is 11.6 Å². The highest BCUT2D eigenvalue weighted by atomic mass is 19.1. The number of aliphatic carboxylic acids is 1. The van der Waals surface area contributed by atoms with Gasteiger partial charge in [-0.2, -0.15) is 0 Å². The molecule has 86 valence electrons. The number of carboxylic acids is 1. The van der Waals surface area contributed by atoms with Crippen molar-refractivity contribution in [1.82, 2.24) is 5.32 Å². The fourth-order valence-corrected chi connectivity index (χ4v) is 1.09. The molecule has 0 aliphatic rings. The normalized spacial score (nSPS) is 9.88. The first-order valence-electron chi connectivity index (χ1n) is 4.46. The Morgan fingerprint density at radius 1 is 1.25 bits per heavy atom. The molecule has 4 nitrogen and oxygen atoms in total. The summed E-state index contributed by atoms with van der Waals surface area (Å²) >= 11 is 0. The lowest BCUT2D eigenvalue weighted by atomic mass is 10.2. The molecule has 0 saturated carbocycles. The van der Waals surface area contributed by atoms with Crippen molar-refractivity contribution in [1.29, 1.82) is 0 Å². The second-order valence-electron chi connectivity index (χ2n) is 3.00. The zero-order valence-corrected chi connectivity index (χ0v) is 8.17. The molecule has 1 aromatic carbocycles. The number of hydrogen-bond donors (Lipinski definition) is 2. The van der Waals surface area contributed by atoms with E-state index in [0.29, 0.717) is 0 Å². The predicted octanol–water partition coefficient (Wildman–Crippen LogP) is 1.17. The molecule has 2 N–H and O–H groups in total. The monoisotopic (exact) mass is 229 g/mol. The Labute approximate surface area is 89.9 Å². The Kier molecular flexibility index (Phi) is 3.93. The van der Waals surface area contributed by atoms with Crippen molar-refractivity contribution in [2.75, 3.05) is 6.54 Å². The van der Waals surface area contributed by atoms with E-state index in [4.69, 9.17) is 5.11 Å². The van der Waals surface area contributed by atoms with Gasteiger partial charge in [-0.15, -0.1) is 0 Å². The van der Waals surface area contributed by atoms with Gasteiger partial charge in [-0.1, -0.05) is 6.07 Å². The first-order valence-corrected chi connectivity index (χ1v) is 4.46. The molecule has 0 bridgehead atoms. The fraction of sp³-hybridized carbons (Fsp3) is 0.200. The molecule has 16 heavy (non-hydrogen) atoms. The first-order chi connectivity index (χ1) is 7.52. The van der Waals surface area contributed by atoms with Gasteiger partial charge in [-0.3, -0.25) is 9.59 Å². The summed E-state index contributed by atoms with van der Waals surface area (Å²) in [5.41, 5.74) is -0.701. The number of carbonyl (C=O) groups is 2. The van der Waals surface area contributed by atoms with E-state index in [1.807, 2.05) is 0 Å². The van der Waals surface area contributed by atoms with Gasteiger partial charge >= 0.3 is 5.97 Å². The van der Waals surface area contributed by atoms with Crippen molar-refractivity contribution in [2.24, 2.45) is 0 Å². The third-order valence-electron chi connectivity index (χ3n) is 1.81. The minimum atomic E-state index is -1.10. The van der Waals surface area contributed by atoms with E-state index in [1.165, 1.54) is 0 Å². The summed E-state index contributed by atoms with van der Waals surface area (Å²) in [7, 11) is 0. The van der Waals surface area contributed by atoms with Crippen molar-refractivity contribution in [3.05, 3.63) is 35.4 Å². The number of amides is 1. The number of halogens is 2. The average molecular weight is 229 g/mol. The van der Waals surface area contributed by atoms with Crippen molar-refractivity contribution >= 4 is 11.9 Å². The highest BCUT2D eigenvalue weighted by molar-refractivity contribution is 5.94. The Morgan fingerprint density at radius 3 is 2.31 bits per heavy atom. The molecular weight excluding hydrogens is 220 g/mol. The van der Waals surface area contributed by atoms with Crippen LogP contribution in [0.4, 0.5) is 8.78 Å². The van der Waals surface area contributed by atoms with Gasteiger partial charge in [0.2, 0.25) is 0 Å². The molecule has 0 aromatic heterocycles. The number of nitrogens with one attached hydrogen (secondary N) is 1. The maximum Gasteiger partial charge on any atom is 0.305 e. The van der Waals surface area contributed by atoms with E-state index in [0.717, 1.165) is 18.2 Å². The van der Waals surface area contributed by atoms with Gasteiger partial charge in [-0.25, -0.2) is 8.78 Å². The topological polar surface area (TPSA) is 66.4 Å². The maximum atomic E-state index is 13.1. The van der Waals surface area contributed by atoms with E-state index >= 15 is 0 Å². The number of carboxylic acid groups (broad SMARTS) is 1. The van der Waals surface area contributed by atoms with Gasteiger partial charge in [-0.05, 0) is 12.1 Å². The van der Waals surface area contributed by atoms with Crippen LogP contribution in [0.3, 0.4) is 0 Å². The van der Waals surface area contributed by atoms with E-state index in [2.05, 4.69) is 5.32 Å². The van der Waals surface area contributed by atoms with Crippen molar-refractivity contribution < 1.29 is 23.5 Å². The van der Waals surface area contributed by atoms with E-state index < -0.39 is 29.1 Å². The third-order valence-corrected chi connectivity index (χ3v) is 1.81. The minimum Gasteiger partial charge on any atom is -0.481 e. The van der Waals surface area contributed by atoms with Crippen molar-refractivity contribution in [3.8, 4) is 0 Å². The zero-order chi connectivity index (χ0) is 12.1. The van der Waals surface area contributed by atoms with Gasteiger partial charge in [0.15, 0.2) is 0 Å². The van der Waals surface area contributed by atoms with Crippen LogP contribution in [0.1, 0.15) is 16.8 Å². The second-order valence-corrected chi connectivity index (χ2v) is 3.00. The number of carbonyl (C=O) groups excluding carboxylic acids is 1. The maximum absolute atomic E-state index is 13.1. The summed E-state index contributed by atoms with van der Waals surface area (Å²) in [6.07, 6.45) is -0.304. The van der Waals surface area contributed by atoms with Crippen LogP contribution in [-0.2, 0) is 4.79 Å². The van der Waals surface area contributed by atoms with Gasteiger partial charge < -0.3 is 10.4 Å². The summed E-state index contributed by atoms with van der Waals surface area (Å²) in [6, 6.07) is 3.04. The molecule has 0 spiro atoms. The average Bonchev–Trinajstić information content (AvgIpc) is 2.16. The van der Waals surface area contributed by atoms with E-state index in [-0.39, 0.29) is 13.0 Å². The Morgan fingerprint density at radius 2 is 1.81 bits per heavy atom. The molecule has 0 radical (unpaired) electrons. The van der Waals surface area contributed by atoms with E-state index in [9.17, 15) is 18.4 Å². The highest BCUT2D eigenvalue weighted by Gasteiger charge is 2.16. The number of rotatable bonds is 4. The predicted molar refractivity (Wildman–Crippen MR) is 50.9 cm³/mol. The molecule has 1 amide bonds. The molecule has 6 heteroatoms. The van der Waals surface area contributed by atoms with Gasteiger partial charge in [0.1, 0.15) is 17.2 Å². The Balaban J connectivity index is 2.70. The Hall–Kier alpha value is -1.98. The summed E-state index contributed by atoms with van der Waals surface area (Å²) in [6.45, 7) is -0.179. The SMILES string of the molecule is O=C(O)CCNC(=O)c1c(F)cccc1F. The molecule has 0 atom stereocenters. The summed E-state index contributed by atoms with van der Waals surface area (Å²) in [4.78, 5) is 21.4. The Bertz CT molecular complexity index is 400. The molecule has 0 aliphatic heterocycles. The summed E-state index contributed by atoms with van der Waals surface area (Å²) in [5.74, 6) is -4.02.